The molecule has 3 aromatic rings. The van der Waals surface area contributed by atoms with Gasteiger partial charge in [0, 0.05) is 17.6 Å². The van der Waals surface area contributed by atoms with E-state index in [0.717, 1.165) is 11.1 Å². The van der Waals surface area contributed by atoms with Crippen LogP contribution in [0.4, 0.5) is 0 Å². The lowest BCUT2D eigenvalue weighted by Gasteiger charge is -2.30. The van der Waals surface area contributed by atoms with Crippen molar-refractivity contribution in [1.82, 2.24) is 15.0 Å². The third-order valence-electron chi connectivity index (χ3n) is 4.91. The first kappa shape index (κ1) is 21.5. The molecule has 0 spiro atoms. The molecule has 0 unspecified atom stereocenters. The van der Waals surface area contributed by atoms with E-state index in [9.17, 15) is 9.59 Å². The maximum Gasteiger partial charge on any atom is 0.339 e. The topological polar surface area (TPSA) is 85.5 Å². The molecule has 0 aliphatic heterocycles. The van der Waals surface area contributed by atoms with Gasteiger partial charge in [-0.3, -0.25) is 4.79 Å². The van der Waals surface area contributed by atoms with Crippen LogP contribution in [0.3, 0.4) is 0 Å². The average Bonchev–Trinajstić information content (AvgIpc) is 3.06. The minimum Gasteiger partial charge on any atom is -0.452 e. The molecule has 0 aliphatic carbocycles. The summed E-state index contributed by atoms with van der Waals surface area (Å²) in [5.74, 6) is -0.845. The van der Waals surface area contributed by atoms with Crippen LogP contribution in [0.5, 0.6) is 0 Å². The van der Waals surface area contributed by atoms with E-state index in [2.05, 4.69) is 10.1 Å². The smallest absolute Gasteiger partial charge is 0.339 e. The van der Waals surface area contributed by atoms with Crippen LogP contribution >= 0.6 is 0 Å². The van der Waals surface area contributed by atoms with Crippen LogP contribution < -0.4 is 0 Å². The van der Waals surface area contributed by atoms with Gasteiger partial charge in [0.2, 0.25) is 0 Å². The van der Waals surface area contributed by atoms with Crippen molar-refractivity contribution in [3.8, 4) is 11.3 Å². The number of fused-ring (bicyclic) bond motifs is 1. The summed E-state index contributed by atoms with van der Waals surface area (Å²) in [7, 11) is 0. The van der Waals surface area contributed by atoms with E-state index in [-0.39, 0.29) is 35.9 Å². The fourth-order valence-corrected chi connectivity index (χ4v) is 3.58. The Morgan fingerprint density at radius 3 is 2.30 bits per heavy atom. The van der Waals surface area contributed by atoms with Gasteiger partial charge in [-0.05, 0) is 47.6 Å². The number of benzene rings is 1. The lowest BCUT2D eigenvalue weighted by molar-refractivity contribution is -0.138. The summed E-state index contributed by atoms with van der Waals surface area (Å²) in [6, 6.07) is 9.47. The fourth-order valence-electron chi connectivity index (χ4n) is 3.58. The van der Waals surface area contributed by atoms with Crippen LogP contribution in [-0.4, -0.2) is 45.6 Å². The van der Waals surface area contributed by atoms with Crippen molar-refractivity contribution in [2.24, 2.45) is 0 Å². The maximum atomic E-state index is 12.9. The van der Waals surface area contributed by atoms with Gasteiger partial charge in [0.1, 0.15) is 0 Å². The second-order valence-electron chi connectivity index (χ2n) is 7.93. The summed E-state index contributed by atoms with van der Waals surface area (Å²) < 4.78 is 10.7. The number of esters is 1. The molecule has 0 saturated carbocycles. The van der Waals surface area contributed by atoms with Crippen molar-refractivity contribution in [3.05, 3.63) is 47.2 Å². The molecule has 30 heavy (non-hydrogen) atoms. The first-order valence-corrected chi connectivity index (χ1v) is 10.0. The Hall–Kier alpha value is -3.22. The lowest BCUT2D eigenvalue weighted by atomic mass is 10.0. The number of hydrogen-bond donors (Lipinski definition) is 0. The van der Waals surface area contributed by atoms with Crippen molar-refractivity contribution < 1.29 is 18.8 Å². The van der Waals surface area contributed by atoms with E-state index in [1.54, 1.807) is 17.9 Å². The number of carbonyl (C=O) groups excluding carboxylic acids is 2. The summed E-state index contributed by atoms with van der Waals surface area (Å²) in [4.78, 5) is 31.7. The van der Waals surface area contributed by atoms with Gasteiger partial charge in [0.05, 0.1) is 22.3 Å². The number of rotatable bonds is 6. The first-order chi connectivity index (χ1) is 14.2. The first-order valence-electron chi connectivity index (χ1n) is 10.0. The zero-order chi connectivity index (χ0) is 22.0. The van der Waals surface area contributed by atoms with E-state index in [1.807, 2.05) is 58.9 Å². The van der Waals surface area contributed by atoms with E-state index in [0.29, 0.717) is 16.8 Å². The highest BCUT2D eigenvalue weighted by atomic mass is 16.5. The molecule has 0 aliphatic rings. The minimum absolute atomic E-state index is 0.0114. The fraction of sp³-hybridized carbons (Fsp3) is 0.391. The van der Waals surface area contributed by atoms with Gasteiger partial charge in [-0.1, -0.05) is 35.0 Å². The molecule has 2 aromatic heterocycles. The molecule has 0 bridgehead atoms. The molecule has 7 nitrogen and oxygen atoms in total. The zero-order valence-corrected chi connectivity index (χ0v) is 18.2. The van der Waals surface area contributed by atoms with Crippen LogP contribution in [-0.2, 0) is 9.53 Å². The maximum absolute atomic E-state index is 12.9. The van der Waals surface area contributed by atoms with Gasteiger partial charge in [-0.15, -0.1) is 0 Å². The van der Waals surface area contributed by atoms with Crippen LogP contribution in [0, 0.1) is 13.8 Å². The third kappa shape index (κ3) is 4.35. The molecule has 1 amide bonds. The summed E-state index contributed by atoms with van der Waals surface area (Å²) in [5.41, 5.74) is 3.61. The van der Waals surface area contributed by atoms with Gasteiger partial charge in [0.25, 0.3) is 11.6 Å². The molecule has 0 fully saturated rings. The molecule has 2 heterocycles. The predicted molar refractivity (Wildman–Crippen MR) is 114 cm³/mol. The quantitative estimate of drug-likeness (QED) is 0.564. The van der Waals surface area contributed by atoms with Gasteiger partial charge >= 0.3 is 5.97 Å². The number of carbonyl (C=O) groups is 2. The Morgan fingerprint density at radius 2 is 1.70 bits per heavy atom. The zero-order valence-electron chi connectivity index (χ0n) is 18.2. The van der Waals surface area contributed by atoms with Crippen molar-refractivity contribution in [2.75, 3.05) is 6.61 Å². The molecule has 0 atom stereocenters. The van der Waals surface area contributed by atoms with Crippen LogP contribution in [0.1, 0.15) is 49.3 Å². The average molecular weight is 409 g/mol. The van der Waals surface area contributed by atoms with E-state index in [4.69, 9.17) is 9.26 Å². The molecule has 0 N–H and O–H groups in total. The lowest BCUT2D eigenvalue weighted by Crippen LogP contribution is -2.44. The van der Waals surface area contributed by atoms with Gasteiger partial charge < -0.3 is 14.2 Å². The second kappa shape index (κ2) is 8.65. The van der Waals surface area contributed by atoms with E-state index in [1.165, 1.54) is 0 Å². The number of amides is 1. The molecule has 158 valence electrons. The Bertz CT molecular complexity index is 1060. The second-order valence-corrected chi connectivity index (χ2v) is 7.93. The summed E-state index contributed by atoms with van der Waals surface area (Å²) in [6.45, 7) is 11.1. The largest absolute Gasteiger partial charge is 0.452 e. The number of ether oxygens (including phenoxy) is 1. The Labute approximate surface area is 176 Å². The number of hydrogen-bond acceptors (Lipinski definition) is 6. The van der Waals surface area contributed by atoms with Gasteiger partial charge in [-0.2, -0.15) is 0 Å². The summed E-state index contributed by atoms with van der Waals surface area (Å²) >= 11 is 0. The SMILES string of the molecule is Cc1ccc(-c2cc(C(=O)OCC(=O)N(C(C)C)C(C)C)c3c(C)noc3n2)cc1. The van der Waals surface area contributed by atoms with Gasteiger partial charge in [-0.25, -0.2) is 9.78 Å². The van der Waals surface area contributed by atoms with Crippen LogP contribution in [0.15, 0.2) is 34.9 Å². The molecule has 3 rings (SSSR count). The number of aromatic nitrogens is 2. The molecule has 1 aromatic carbocycles. The summed E-state index contributed by atoms with van der Waals surface area (Å²) in [5, 5.41) is 4.43. The van der Waals surface area contributed by atoms with Crippen molar-refractivity contribution in [1.29, 1.82) is 0 Å². The minimum atomic E-state index is -0.608. The van der Waals surface area contributed by atoms with Crippen molar-refractivity contribution in [3.63, 3.8) is 0 Å². The molecule has 0 saturated heterocycles. The number of aryl methyl sites for hydroxylation is 2. The van der Waals surface area contributed by atoms with Gasteiger partial charge in [0.15, 0.2) is 6.61 Å². The highest BCUT2D eigenvalue weighted by Crippen LogP contribution is 2.27. The Balaban J connectivity index is 1.92. The normalized spacial score (nSPS) is 11.3. The van der Waals surface area contributed by atoms with Crippen molar-refractivity contribution >= 4 is 23.0 Å². The highest BCUT2D eigenvalue weighted by molar-refractivity contribution is 6.04. The summed E-state index contributed by atoms with van der Waals surface area (Å²) in [6.07, 6.45) is 0. The number of pyridine rings is 1. The predicted octanol–water partition coefficient (Wildman–Crippen LogP) is 4.31. The van der Waals surface area contributed by atoms with Crippen LogP contribution in [0.25, 0.3) is 22.4 Å². The monoisotopic (exact) mass is 409 g/mol. The van der Waals surface area contributed by atoms with Crippen LogP contribution in [0.2, 0.25) is 0 Å². The molecule has 7 heteroatoms. The van der Waals surface area contributed by atoms with E-state index < -0.39 is 5.97 Å². The van der Waals surface area contributed by atoms with Crippen molar-refractivity contribution in [2.45, 2.75) is 53.6 Å². The van der Waals surface area contributed by atoms with E-state index >= 15 is 0 Å². The molecular formula is C23H27N3O4. The standard InChI is InChI=1S/C23H27N3O4/c1-13(2)26(14(3)4)20(27)12-29-23(28)18-11-19(17-9-7-15(5)8-10-17)24-22-21(18)16(6)25-30-22/h7-11,13-14H,12H2,1-6H3. The highest BCUT2D eigenvalue weighted by Gasteiger charge is 2.24. The Morgan fingerprint density at radius 1 is 1.07 bits per heavy atom. The molecular weight excluding hydrogens is 382 g/mol. The number of nitrogens with zero attached hydrogens (tertiary/aromatic N) is 3. The third-order valence-corrected chi connectivity index (χ3v) is 4.91. The molecule has 0 radical (unpaired) electrons. The Kier molecular flexibility index (Phi) is 6.20.